The Balaban J connectivity index is 1.28. The number of rotatable bonds is 4. The van der Waals surface area contributed by atoms with Gasteiger partial charge in [-0.05, 0) is 49.2 Å². The molecule has 35 heavy (non-hydrogen) atoms. The van der Waals surface area contributed by atoms with Crippen LogP contribution in [0.5, 0.6) is 0 Å². The molecule has 0 aliphatic carbocycles. The summed E-state index contributed by atoms with van der Waals surface area (Å²) in [7, 11) is 0. The first-order valence-corrected chi connectivity index (χ1v) is 11.0. The lowest BCUT2D eigenvalue weighted by atomic mass is 9.98. The monoisotopic (exact) mass is 483 g/mol. The van der Waals surface area contributed by atoms with Gasteiger partial charge in [-0.1, -0.05) is 12.1 Å². The molecule has 0 bridgehead atoms. The minimum atomic E-state index is -4.43. The molecule has 1 aliphatic heterocycles. The zero-order valence-corrected chi connectivity index (χ0v) is 18.4. The van der Waals surface area contributed by atoms with Crippen LogP contribution >= 0.6 is 0 Å². The SMILES string of the molecule is O=C(Cn1cnc2ccccc2c1=O)N1CCCC(c2nnc(-c3ccc(C(F)(F)F)cc3)o2)C1. The van der Waals surface area contributed by atoms with Gasteiger partial charge >= 0.3 is 6.18 Å². The van der Waals surface area contributed by atoms with Crippen LogP contribution in [0.4, 0.5) is 13.2 Å². The minimum absolute atomic E-state index is 0.117. The van der Waals surface area contributed by atoms with Crippen molar-refractivity contribution in [1.29, 1.82) is 0 Å². The fraction of sp³-hybridized carbons (Fsp3) is 0.292. The molecular weight excluding hydrogens is 463 g/mol. The first kappa shape index (κ1) is 22.8. The van der Waals surface area contributed by atoms with Crippen molar-refractivity contribution in [1.82, 2.24) is 24.6 Å². The van der Waals surface area contributed by atoms with Gasteiger partial charge in [-0.15, -0.1) is 10.2 Å². The van der Waals surface area contributed by atoms with E-state index in [-0.39, 0.29) is 29.8 Å². The average Bonchev–Trinajstić information content (AvgIpc) is 3.36. The predicted molar refractivity (Wildman–Crippen MR) is 119 cm³/mol. The van der Waals surface area contributed by atoms with Crippen LogP contribution < -0.4 is 5.56 Å². The van der Waals surface area contributed by atoms with Crippen LogP contribution in [0.3, 0.4) is 0 Å². The lowest BCUT2D eigenvalue weighted by Gasteiger charge is -2.31. The smallest absolute Gasteiger partial charge is 0.416 e. The normalized spacial score (nSPS) is 16.5. The van der Waals surface area contributed by atoms with E-state index in [1.54, 1.807) is 29.2 Å². The Morgan fingerprint density at radius 3 is 2.63 bits per heavy atom. The second-order valence-electron chi connectivity index (χ2n) is 8.39. The molecule has 8 nitrogen and oxygen atoms in total. The number of nitrogens with zero attached hydrogens (tertiary/aromatic N) is 5. The highest BCUT2D eigenvalue weighted by Crippen LogP contribution is 2.32. The number of likely N-dealkylation sites (tertiary alicyclic amines) is 1. The number of fused-ring (bicyclic) bond motifs is 1. The molecule has 2 aromatic heterocycles. The van der Waals surface area contributed by atoms with Crippen molar-refractivity contribution in [2.45, 2.75) is 31.5 Å². The van der Waals surface area contributed by atoms with Crippen molar-refractivity contribution < 1.29 is 22.4 Å². The van der Waals surface area contributed by atoms with Gasteiger partial charge in [0.1, 0.15) is 6.54 Å². The topological polar surface area (TPSA) is 94.1 Å². The van der Waals surface area contributed by atoms with Crippen LogP contribution in [-0.2, 0) is 17.5 Å². The molecule has 2 aromatic carbocycles. The summed E-state index contributed by atoms with van der Waals surface area (Å²) in [5.41, 5.74) is -0.0955. The van der Waals surface area contributed by atoms with Gasteiger partial charge in [0.2, 0.25) is 17.7 Å². The van der Waals surface area contributed by atoms with Crippen LogP contribution in [0.15, 0.2) is 64.1 Å². The molecule has 180 valence electrons. The van der Waals surface area contributed by atoms with E-state index in [2.05, 4.69) is 15.2 Å². The third-order valence-corrected chi connectivity index (χ3v) is 6.06. The Hall–Kier alpha value is -4.02. The number of carbonyl (C=O) groups is 1. The summed E-state index contributed by atoms with van der Waals surface area (Å²) in [6, 6.07) is 11.4. The van der Waals surface area contributed by atoms with Crippen LogP contribution in [0.1, 0.15) is 30.2 Å². The molecule has 0 spiro atoms. The molecule has 1 saturated heterocycles. The van der Waals surface area contributed by atoms with Crippen LogP contribution in [0, 0.1) is 0 Å². The van der Waals surface area contributed by atoms with E-state index in [9.17, 15) is 22.8 Å². The lowest BCUT2D eigenvalue weighted by Crippen LogP contribution is -2.42. The first-order valence-electron chi connectivity index (χ1n) is 11.0. The molecular formula is C24H20F3N5O3. The van der Waals surface area contributed by atoms with E-state index in [1.807, 2.05) is 0 Å². The quantitative estimate of drug-likeness (QED) is 0.438. The highest BCUT2D eigenvalue weighted by molar-refractivity contribution is 5.79. The number of hydrogen-bond donors (Lipinski definition) is 0. The fourth-order valence-corrected chi connectivity index (χ4v) is 4.19. The Kier molecular flexibility index (Phi) is 5.83. The van der Waals surface area contributed by atoms with Crippen molar-refractivity contribution in [3.63, 3.8) is 0 Å². The number of halogens is 3. The minimum Gasteiger partial charge on any atom is -0.420 e. The molecule has 3 heterocycles. The maximum absolute atomic E-state index is 13.0. The molecule has 4 aromatic rings. The fourth-order valence-electron chi connectivity index (χ4n) is 4.19. The van der Waals surface area contributed by atoms with Gasteiger partial charge in [0.15, 0.2) is 0 Å². The highest BCUT2D eigenvalue weighted by Gasteiger charge is 2.31. The van der Waals surface area contributed by atoms with Gasteiger partial charge < -0.3 is 9.32 Å². The number of benzene rings is 2. The predicted octanol–water partition coefficient (Wildman–Crippen LogP) is 3.87. The molecule has 1 amide bonds. The molecule has 0 N–H and O–H groups in total. The van der Waals surface area contributed by atoms with Crippen molar-refractivity contribution in [3.8, 4) is 11.5 Å². The zero-order valence-electron chi connectivity index (χ0n) is 18.4. The summed E-state index contributed by atoms with van der Waals surface area (Å²) in [5.74, 6) is -0.000824. The molecule has 5 rings (SSSR count). The Bertz CT molecular complexity index is 1430. The average molecular weight is 483 g/mol. The summed E-state index contributed by atoms with van der Waals surface area (Å²) in [4.78, 5) is 31.6. The van der Waals surface area contributed by atoms with Crippen molar-refractivity contribution in [3.05, 3.63) is 76.7 Å². The van der Waals surface area contributed by atoms with E-state index in [0.717, 1.165) is 18.6 Å². The van der Waals surface area contributed by atoms with Crippen LogP contribution in [0.25, 0.3) is 22.4 Å². The van der Waals surface area contributed by atoms with E-state index in [0.29, 0.717) is 41.9 Å². The maximum Gasteiger partial charge on any atom is 0.416 e. The maximum atomic E-state index is 13.0. The molecule has 0 radical (unpaired) electrons. The number of carbonyl (C=O) groups excluding carboxylic acids is 1. The number of alkyl halides is 3. The van der Waals surface area contributed by atoms with Gasteiger partial charge in [0.25, 0.3) is 5.56 Å². The Labute approximate surface area is 197 Å². The van der Waals surface area contributed by atoms with Gasteiger partial charge in [-0.3, -0.25) is 14.2 Å². The Morgan fingerprint density at radius 1 is 1.09 bits per heavy atom. The molecule has 1 atom stereocenters. The largest absolute Gasteiger partial charge is 0.420 e. The zero-order chi connectivity index (χ0) is 24.6. The van der Waals surface area contributed by atoms with Crippen molar-refractivity contribution in [2.24, 2.45) is 0 Å². The molecule has 1 unspecified atom stereocenters. The number of para-hydroxylation sites is 1. The Morgan fingerprint density at radius 2 is 1.86 bits per heavy atom. The van der Waals surface area contributed by atoms with Crippen LogP contribution in [0.2, 0.25) is 0 Å². The van der Waals surface area contributed by atoms with Crippen LogP contribution in [-0.4, -0.2) is 43.6 Å². The van der Waals surface area contributed by atoms with Gasteiger partial charge in [0.05, 0.1) is 28.7 Å². The molecule has 1 aliphatic rings. The summed E-state index contributed by atoms with van der Waals surface area (Å²) in [6.45, 7) is 0.734. The third kappa shape index (κ3) is 4.66. The second kappa shape index (κ2) is 8.97. The summed E-state index contributed by atoms with van der Waals surface area (Å²) in [5, 5.41) is 8.49. The first-order chi connectivity index (χ1) is 16.8. The van der Waals surface area contributed by atoms with E-state index >= 15 is 0 Å². The van der Waals surface area contributed by atoms with E-state index in [1.165, 1.54) is 23.0 Å². The summed E-state index contributed by atoms with van der Waals surface area (Å²) < 4.78 is 45.4. The van der Waals surface area contributed by atoms with E-state index < -0.39 is 11.7 Å². The molecule has 0 saturated carbocycles. The van der Waals surface area contributed by atoms with Gasteiger partial charge in [-0.2, -0.15) is 13.2 Å². The second-order valence-corrected chi connectivity index (χ2v) is 8.39. The number of hydrogen-bond acceptors (Lipinski definition) is 6. The van der Waals surface area contributed by atoms with Gasteiger partial charge in [0, 0.05) is 18.7 Å². The van der Waals surface area contributed by atoms with Crippen molar-refractivity contribution in [2.75, 3.05) is 13.1 Å². The lowest BCUT2D eigenvalue weighted by molar-refractivity contribution is -0.137. The summed E-state index contributed by atoms with van der Waals surface area (Å²) in [6.07, 6.45) is -1.63. The van der Waals surface area contributed by atoms with Gasteiger partial charge in [-0.25, -0.2) is 4.98 Å². The molecule has 1 fully saturated rings. The van der Waals surface area contributed by atoms with E-state index in [4.69, 9.17) is 4.42 Å². The summed E-state index contributed by atoms with van der Waals surface area (Å²) >= 11 is 0. The molecule has 11 heteroatoms. The van der Waals surface area contributed by atoms with Crippen molar-refractivity contribution >= 4 is 16.8 Å². The highest BCUT2D eigenvalue weighted by atomic mass is 19.4. The standard InChI is InChI=1S/C24H20F3N5O3/c25-24(26,27)17-9-7-15(8-10-17)21-29-30-22(35-21)16-4-3-11-31(12-16)20(33)13-32-14-28-19-6-2-1-5-18(19)23(32)34/h1-2,5-10,14,16H,3-4,11-13H2. The number of amides is 1. The third-order valence-electron chi connectivity index (χ3n) is 6.06. The number of aromatic nitrogens is 4. The number of piperidine rings is 1.